The maximum atomic E-state index is 12.1. The molecule has 0 spiro atoms. The van der Waals surface area contributed by atoms with E-state index in [0.29, 0.717) is 6.04 Å². The molecule has 1 atom stereocenters. The fourth-order valence-electron chi connectivity index (χ4n) is 2.56. The van der Waals surface area contributed by atoms with Gasteiger partial charge in [0.2, 0.25) is 5.91 Å². The topological polar surface area (TPSA) is 41.6 Å². The van der Waals surface area contributed by atoms with E-state index < -0.39 is 0 Å². The molecule has 0 bridgehead atoms. The van der Waals surface area contributed by atoms with Gasteiger partial charge in [0.05, 0.1) is 13.2 Å². The number of nitrogens with one attached hydrogen (secondary N) is 1. The van der Waals surface area contributed by atoms with Gasteiger partial charge in [-0.05, 0) is 31.2 Å². The lowest BCUT2D eigenvalue weighted by Crippen LogP contribution is -2.43. The third-order valence-corrected chi connectivity index (χ3v) is 6.66. The van der Waals surface area contributed by atoms with Crippen LogP contribution in [-0.4, -0.2) is 47.8 Å². The number of anilines is 2. The number of benzene rings is 1. The Hall–Kier alpha value is -0.850. The van der Waals surface area contributed by atoms with E-state index in [4.69, 9.17) is 4.74 Å². The van der Waals surface area contributed by atoms with E-state index in [0.717, 1.165) is 37.0 Å². The van der Waals surface area contributed by atoms with Crippen LogP contribution in [0.4, 0.5) is 11.4 Å². The second-order valence-electron chi connectivity index (χ2n) is 5.23. The summed E-state index contributed by atoms with van der Waals surface area (Å²) in [6.07, 6.45) is 0. The lowest BCUT2D eigenvalue weighted by atomic mass is 10.2. The van der Waals surface area contributed by atoms with E-state index >= 15 is 0 Å². The molecular weight excluding hydrogens is 304 g/mol. The highest BCUT2D eigenvalue weighted by Crippen LogP contribution is 2.32. The van der Waals surface area contributed by atoms with Gasteiger partial charge in [-0.25, -0.2) is 0 Å². The van der Waals surface area contributed by atoms with Crippen molar-refractivity contribution in [1.29, 1.82) is 0 Å². The van der Waals surface area contributed by atoms with Crippen molar-refractivity contribution in [3.8, 4) is 0 Å². The molecule has 1 N–H and O–H groups in total. The first kappa shape index (κ1) is 15.1. The van der Waals surface area contributed by atoms with Crippen molar-refractivity contribution in [2.24, 2.45) is 0 Å². The molecule has 0 saturated carbocycles. The third-order valence-electron chi connectivity index (χ3n) is 3.67. The number of carbonyl (C=O) groups excluding carboxylic acids is 1. The Morgan fingerprint density at radius 1 is 1.29 bits per heavy atom. The van der Waals surface area contributed by atoms with Crippen molar-refractivity contribution < 1.29 is 9.53 Å². The SMILES string of the molecule is CC1COCCN1c1ccc(NC(=O)C2SCCS2)cc1. The van der Waals surface area contributed by atoms with Crippen LogP contribution in [-0.2, 0) is 9.53 Å². The van der Waals surface area contributed by atoms with Crippen LogP contribution < -0.4 is 10.2 Å². The van der Waals surface area contributed by atoms with Gasteiger partial charge in [-0.15, -0.1) is 23.5 Å². The smallest absolute Gasteiger partial charge is 0.247 e. The molecule has 21 heavy (non-hydrogen) atoms. The van der Waals surface area contributed by atoms with E-state index in [9.17, 15) is 4.79 Å². The monoisotopic (exact) mass is 324 g/mol. The molecule has 1 amide bonds. The second-order valence-corrected chi connectivity index (χ2v) is 7.95. The van der Waals surface area contributed by atoms with Crippen molar-refractivity contribution in [2.45, 2.75) is 17.5 Å². The minimum Gasteiger partial charge on any atom is -0.377 e. The number of nitrogens with zero attached hydrogens (tertiary/aromatic N) is 1. The lowest BCUT2D eigenvalue weighted by molar-refractivity contribution is -0.114. The van der Waals surface area contributed by atoms with Gasteiger partial charge in [0, 0.05) is 35.5 Å². The van der Waals surface area contributed by atoms with E-state index in [1.54, 1.807) is 23.5 Å². The number of ether oxygens (including phenoxy) is 1. The van der Waals surface area contributed by atoms with E-state index in [1.165, 1.54) is 5.69 Å². The van der Waals surface area contributed by atoms with Gasteiger partial charge >= 0.3 is 0 Å². The van der Waals surface area contributed by atoms with Gasteiger partial charge in [0.25, 0.3) is 0 Å². The molecule has 2 saturated heterocycles. The number of hydrogen-bond donors (Lipinski definition) is 1. The molecule has 2 aliphatic rings. The zero-order chi connectivity index (χ0) is 14.7. The van der Waals surface area contributed by atoms with Crippen LogP contribution in [0.3, 0.4) is 0 Å². The van der Waals surface area contributed by atoms with Gasteiger partial charge in [-0.3, -0.25) is 4.79 Å². The average Bonchev–Trinajstić information content (AvgIpc) is 3.03. The van der Waals surface area contributed by atoms with Crippen LogP contribution in [0.25, 0.3) is 0 Å². The molecule has 2 aliphatic heterocycles. The zero-order valence-corrected chi connectivity index (χ0v) is 13.7. The predicted octanol–water partition coefficient (Wildman–Crippen LogP) is 2.66. The maximum absolute atomic E-state index is 12.1. The number of carbonyl (C=O) groups is 1. The molecule has 0 aromatic heterocycles. The van der Waals surface area contributed by atoms with Crippen molar-refractivity contribution in [3.63, 3.8) is 0 Å². The van der Waals surface area contributed by atoms with Crippen LogP contribution in [0.5, 0.6) is 0 Å². The quantitative estimate of drug-likeness (QED) is 0.926. The maximum Gasteiger partial charge on any atom is 0.247 e. The molecule has 1 aromatic rings. The highest BCUT2D eigenvalue weighted by atomic mass is 32.2. The highest BCUT2D eigenvalue weighted by Gasteiger charge is 2.24. The zero-order valence-electron chi connectivity index (χ0n) is 12.1. The summed E-state index contributed by atoms with van der Waals surface area (Å²) in [7, 11) is 0. The van der Waals surface area contributed by atoms with E-state index in [2.05, 4.69) is 29.3 Å². The average molecular weight is 324 g/mol. The standard InChI is InChI=1S/C15H20N2O2S2/c1-11-10-19-7-6-17(11)13-4-2-12(3-5-13)16-14(18)15-20-8-9-21-15/h2-5,11,15H,6-10H2,1H3,(H,16,18). The molecule has 114 valence electrons. The van der Waals surface area contributed by atoms with Crippen LogP contribution in [0.15, 0.2) is 24.3 Å². The van der Waals surface area contributed by atoms with Crippen LogP contribution in [0, 0.1) is 0 Å². The van der Waals surface area contributed by atoms with Crippen molar-refractivity contribution in [3.05, 3.63) is 24.3 Å². The second kappa shape index (κ2) is 6.94. The first-order valence-electron chi connectivity index (χ1n) is 7.22. The Morgan fingerprint density at radius 2 is 2.00 bits per heavy atom. The molecule has 1 aromatic carbocycles. The normalized spacial score (nSPS) is 23.3. The van der Waals surface area contributed by atoms with Gasteiger partial charge in [-0.1, -0.05) is 0 Å². The first-order valence-corrected chi connectivity index (χ1v) is 9.32. The number of morpholine rings is 1. The lowest BCUT2D eigenvalue weighted by Gasteiger charge is -2.35. The minimum atomic E-state index is 0.0453. The van der Waals surface area contributed by atoms with Gasteiger partial charge in [0.15, 0.2) is 0 Å². The van der Waals surface area contributed by atoms with Crippen LogP contribution in [0.1, 0.15) is 6.92 Å². The fraction of sp³-hybridized carbons (Fsp3) is 0.533. The minimum absolute atomic E-state index is 0.0453. The van der Waals surface area contributed by atoms with Gasteiger partial charge in [0.1, 0.15) is 4.58 Å². The van der Waals surface area contributed by atoms with E-state index in [1.807, 2.05) is 12.1 Å². The summed E-state index contributed by atoms with van der Waals surface area (Å²) < 4.78 is 5.51. The molecule has 1 unspecified atom stereocenters. The first-order chi connectivity index (χ1) is 10.2. The Morgan fingerprint density at radius 3 is 2.67 bits per heavy atom. The number of hydrogen-bond acceptors (Lipinski definition) is 5. The largest absolute Gasteiger partial charge is 0.377 e. The summed E-state index contributed by atoms with van der Waals surface area (Å²) >= 11 is 3.45. The van der Waals surface area contributed by atoms with Crippen molar-refractivity contribution in [1.82, 2.24) is 0 Å². The number of thioether (sulfide) groups is 2. The van der Waals surface area contributed by atoms with Crippen LogP contribution >= 0.6 is 23.5 Å². The Kier molecular flexibility index (Phi) is 4.98. The summed E-state index contributed by atoms with van der Waals surface area (Å²) in [6.45, 7) is 4.64. The Labute approximate surface area is 134 Å². The molecule has 0 aliphatic carbocycles. The van der Waals surface area contributed by atoms with Crippen molar-refractivity contribution in [2.75, 3.05) is 41.5 Å². The molecule has 6 heteroatoms. The highest BCUT2D eigenvalue weighted by molar-refractivity contribution is 8.21. The molecule has 2 heterocycles. The number of amides is 1. The predicted molar refractivity (Wildman–Crippen MR) is 91.4 cm³/mol. The van der Waals surface area contributed by atoms with Crippen LogP contribution in [0.2, 0.25) is 0 Å². The summed E-state index contributed by atoms with van der Waals surface area (Å²) in [5.74, 6) is 2.24. The molecule has 0 radical (unpaired) electrons. The fourth-order valence-corrected chi connectivity index (χ4v) is 5.14. The molecular formula is C15H20N2O2S2. The van der Waals surface area contributed by atoms with E-state index in [-0.39, 0.29) is 10.5 Å². The Bertz CT molecular complexity index is 489. The summed E-state index contributed by atoms with van der Waals surface area (Å²) in [5, 5.41) is 3.00. The summed E-state index contributed by atoms with van der Waals surface area (Å²) in [5.41, 5.74) is 2.06. The molecule has 4 nitrogen and oxygen atoms in total. The third kappa shape index (κ3) is 3.67. The summed E-state index contributed by atoms with van der Waals surface area (Å²) in [4.78, 5) is 14.4. The molecule has 3 rings (SSSR count). The van der Waals surface area contributed by atoms with Gasteiger partial charge in [-0.2, -0.15) is 0 Å². The van der Waals surface area contributed by atoms with Gasteiger partial charge < -0.3 is 15.0 Å². The molecule has 2 fully saturated rings. The Balaban J connectivity index is 1.62. The summed E-state index contributed by atoms with van der Waals surface area (Å²) in [6, 6.07) is 8.52. The number of rotatable bonds is 3. The van der Waals surface area contributed by atoms with Crippen molar-refractivity contribution >= 4 is 40.8 Å².